The Morgan fingerprint density at radius 1 is 1.32 bits per heavy atom. The number of carbonyl (C=O) groups is 1. The fourth-order valence-corrected chi connectivity index (χ4v) is 3.78. The van der Waals surface area contributed by atoms with Crippen molar-refractivity contribution < 1.29 is 13.2 Å². The Morgan fingerprint density at radius 2 is 1.82 bits per heavy atom. The Labute approximate surface area is 135 Å². The molecule has 1 aliphatic rings. The Bertz CT molecular complexity index is 477. The van der Waals surface area contributed by atoms with E-state index >= 15 is 0 Å². The third kappa shape index (κ3) is 5.21. The van der Waals surface area contributed by atoms with Crippen molar-refractivity contribution in [3.05, 3.63) is 0 Å². The highest BCUT2D eigenvalue weighted by molar-refractivity contribution is 7.89. The molecule has 0 aromatic heterocycles. The summed E-state index contributed by atoms with van der Waals surface area (Å²) in [7, 11) is -1.48. The molecule has 1 heterocycles. The molecule has 0 unspecified atom stereocenters. The molecule has 1 N–H and O–H groups in total. The van der Waals surface area contributed by atoms with Gasteiger partial charge in [0.1, 0.15) is 0 Å². The van der Waals surface area contributed by atoms with E-state index in [1.165, 1.54) is 4.31 Å². The van der Waals surface area contributed by atoms with Crippen LogP contribution in [0.25, 0.3) is 0 Å². The summed E-state index contributed by atoms with van der Waals surface area (Å²) >= 11 is 0. The van der Waals surface area contributed by atoms with Gasteiger partial charge < -0.3 is 5.32 Å². The van der Waals surface area contributed by atoms with Crippen LogP contribution in [0.15, 0.2) is 0 Å². The van der Waals surface area contributed by atoms with Gasteiger partial charge in [-0.25, -0.2) is 12.7 Å². The van der Waals surface area contributed by atoms with Crippen LogP contribution in [0.2, 0.25) is 0 Å². The lowest BCUT2D eigenvalue weighted by Crippen LogP contribution is -2.54. The normalized spacial score (nSPS) is 20.1. The second-order valence-electron chi connectivity index (χ2n) is 7.10. The second-order valence-corrected chi connectivity index (χ2v) is 9.42. The number of nitrogens with one attached hydrogen (secondary N) is 1. The molecule has 7 heteroatoms. The third-order valence-corrected chi connectivity index (χ3v) is 6.15. The van der Waals surface area contributed by atoms with Crippen LogP contribution in [-0.4, -0.2) is 67.0 Å². The Balaban J connectivity index is 2.57. The van der Waals surface area contributed by atoms with Gasteiger partial charge in [0, 0.05) is 31.7 Å². The van der Waals surface area contributed by atoms with Gasteiger partial charge in [-0.15, -0.1) is 0 Å². The molecule has 0 aromatic rings. The lowest BCUT2D eigenvalue weighted by atomic mass is 10.0. The Kier molecular flexibility index (Phi) is 6.41. The maximum atomic E-state index is 12.2. The summed E-state index contributed by atoms with van der Waals surface area (Å²) in [5.41, 5.74) is -0.237. The fraction of sp³-hybridized carbons (Fsp3) is 0.933. The van der Waals surface area contributed by atoms with Crippen LogP contribution in [0.4, 0.5) is 0 Å². The number of hydrogen-bond acceptors (Lipinski definition) is 4. The predicted octanol–water partition coefficient (Wildman–Crippen LogP) is 1.04. The minimum Gasteiger partial charge on any atom is -0.350 e. The first-order valence-corrected chi connectivity index (χ1v) is 9.60. The molecule has 0 spiro atoms. The molecule has 1 rings (SSSR count). The number of sulfonamides is 1. The van der Waals surface area contributed by atoms with Gasteiger partial charge in [0.25, 0.3) is 0 Å². The molecule has 0 bridgehead atoms. The first-order chi connectivity index (χ1) is 9.98. The molecular weight excluding hydrogens is 302 g/mol. The monoisotopic (exact) mass is 333 g/mol. The minimum absolute atomic E-state index is 0.0282. The van der Waals surface area contributed by atoms with Crippen LogP contribution < -0.4 is 5.32 Å². The molecule has 0 aromatic carbocycles. The van der Waals surface area contributed by atoms with Crippen LogP contribution in [0.5, 0.6) is 0 Å². The van der Waals surface area contributed by atoms with Crippen molar-refractivity contribution in [3.8, 4) is 0 Å². The summed E-state index contributed by atoms with van der Waals surface area (Å²) in [6.07, 6.45) is 1.53. The van der Waals surface area contributed by atoms with Crippen LogP contribution >= 0.6 is 0 Å². The van der Waals surface area contributed by atoms with Crippen molar-refractivity contribution >= 4 is 15.9 Å². The van der Waals surface area contributed by atoms with E-state index in [2.05, 4.69) is 10.2 Å². The highest BCUT2D eigenvalue weighted by Gasteiger charge is 2.32. The topological polar surface area (TPSA) is 69.7 Å². The van der Waals surface area contributed by atoms with E-state index in [4.69, 9.17) is 0 Å². The van der Waals surface area contributed by atoms with Crippen molar-refractivity contribution in [2.75, 3.05) is 25.9 Å². The third-order valence-electron chi connectivity index (χ3n) is 4.24. The quantitative estimate of drug-likeness (QED) is 0.816. The molecule has 6 nitrogen and oxygen atoms in total. The number of piperidine rings is 1. The van der Waals surface area contributed by atoms with Crippen molar-refractivity contribution in [3.63, 3.8) is 0 Å². The maximum absolute atomic E-state index is 12.2. The zero-order valence-electron chi connectivity index (χ0n) is 14.7. The number of likely N-dealkylation sites (tertiary alicyclic amines) is 1. The van der Waals surface area contributed by atoms with E-state index in [-0.39, 0.29) is 29.3 Å². The molecule has 1 amide bonds. The molecule has 1 fully saturated rings. The lowest BCUT2D eigenvalue weighted by Gasteiger charge is -2.39. The van der Waals surface area contributed by atoms with Crippen molar-refractivity contribution in [2.24, 2.45) is 0 Å². The van der Waals surface area contributed by atoms with Gasteiger partial charge in [-0.1, -0.05) is 0 Å². The Hall–Kier alpha value is -0.660. The number of amides is 1. The second kappa shape index (κ2) is 7.27. The van der Waals surface area contributed by atoms with Crippen molar-refractivity contribution in [1.29, 1.82) is 0 Å². The van der Waals surface area contributed by atoms with Gasteiger partial charge in [0.05, 0.1) is 11.8 Å². The van der Waals surface area contributed by atoms with Gasteiger partial charge in [-0.2, -0.15) is 0 Å². The zero-order valence-corrected chi connectivity index (χ0v) is 15.5. The van der Waals surface area contributed by atoms with Gasteiger partial charge >= 0.3 is 0 Å². The van der Waals surface area contributed by atoms with E-state index in [0.29, 0.717) is 0 Å². The molecule has 0 aliphatic carbocycles. The Morgan fingerprint density at radius 3 is 2.23 bits per heavy atom. The van der Waals surface area contributed by atoms with Gasteiger partial charge in [-0.05, 0) is 47.5 Å². The molecular formula is C15H31N3O3S. The summed E-state index contributed by atoms with van der Waals surface area (Å²) < 4.78 is 25.4. The largest absolute Gasteiger partial charge is 0.350 e. The molecule has 130 valence electrons. The molecule has 1 aliphatic heterocycles. The lowest BCUT2D eigenvalue weighted by molar-refractivity contribution is -0.127. The molecule has 0 radical (unpaired) electrons. The van der Waals surface area contributed by atoms with E-state index in [1.54, 1.807) is 14.0 Å². The summed E-state index contributed by atoms with van der Waals surface area (Å²) in [5.74, 6) is 0.161. The van der Waals surface area contributed by atoms with Crippen molar-refractivity contribution in [2.45, 2.75) is 65.1 Å². The number of carbonyl (C=O) groups excluding carboxylic acids is 1. The highest BCUT2D eigenvalue weighted by Crippen LogP contribution is 2.20. The summed E-state index contributed by atoms with van der Waals surface area (Å²) in [6.45, 7) is 11.0. The number of hydrogen-bond donors (Lipinski definition) is 1. The first kappa shape index (κ1) is 19.4. The van der Waals surface area contributed by atoms with Crippen LogP contribution in [0.3, 0.4) is 0 Å². The predicted molar refractivity (Wildman–Crippen MR) is 89.2 cm³/mol. The molecule has 1 saturated heterocycles. The SMILES string of the molecule is CCS(=O)(=O)N(C)C1CCN([C@@H](C)C(=O)NC(C)(C)C)CC1. The van der Waals surface area contributed by atoms with Gasteiger partial charge in [0.2, 0.25) is 15.9 Å². The van der Waals surface area contributed by atoms with Crippen LogP contribution in [-0.2, 0) is 14.8 Å². The van der Waals surface area contributed by atoms with Gasteiger partial charge in [0.15, 0.2) is 0 Å². The van der Waals surface area contributed by atoms with E-state index in [1.807, 2.05) is 27.7 Å². The fourth-order valence-electron chi connectivity index (χ4n) is 2.71. The highest BCUT2D eigenvalue weighted by atomic mass is 32.2. The van der Waals surface area contributed by atoms with E-state index in [9.17, 15) is 13.2 Å². The van der Waals surface area contributed by atoms with Crippen LogP contribution in [0, 0.1) is 0 Å². The molecule has 0 saturated carbocycles. The standard InChI is InChI=1S/C15H31N3O3S/c1-7-22(20,21)17(6)13-8-10-18(11-9-13)12(2)14(19)16-15(3,4)5/h12-13H,7-11H2,1-6H3,(H,16,19)/t12-/m0/s1. The first-order valence-electron chi connectivity index (χ1n) is 7.99. The van der Waals surface area contributed by atoms with Crippen LogP contribution in [0.1, 0.15) is 47.5 Å². The molecule has 22 heavy (non-hydrogen) atoms. The van der Waals surface area contributed by atoms with Crippen molar-refractivity contribution in [1.82, 2.24) is 14.5 Å². The number of nitrogens with zero attached hydrogens (tertiary/aromatic N) is 2. The van der Waals surface area contributed by atoms with E-state index < -0.39 is 10.0 Å². The average Bonchev–Trinajstić information content (AvgIpc) is 2.44. The molecule has 1 atom stereocenters. The smallest absolute Gasteiger partial charge is 0.237 e. The summed E-state index contributed by atoms with van der Waals surface area (Å²) in [5, 5.41) is 3.00. The average molecular weight is 333 g/mol. The zero-order chi connectivity index (χ0) is 17.1. The minimum atomic E-state index is -3.14. The summed E-state index contributed by atoms with van der Waals surface area (Å²) in [6, 6.07) is -0.146. The van der Waals surface area contributed by atoms with E-state index in [0.717, 1.165) is 25.9 Å². The van der Waals surface area contributed by atoms with Gasteiger partial charge in [-0.3, -0.25) is 9.69 Å². The number of rotatable bonds is 5. The summed E-state index contributed by atoms with van der Waals surface area (Å²) in [4.78, 5) is 14.3. The maximum Gasteiger partial charge on any atom is 0.237 e.